The minimum Gasteiger partial charge on any atom is -0.294 e. The van der Waals surface area contributed by atoms with Crippen molar-refractivity contribution in [1.82, 2.24) is 0 Å². The van der Waals surface area contributed by atoms with E-state index in [1.807, 2.05) is 0 Å². The van der Waals surface area contributed by atoms with Gasteiger partial charge in [0.15, 0.2) is 5.78 Å². The molecule has 0 aliphatic heterocycles. The smallest absolute Gasteiger partial charge is 0.261 e. The van der Waals surface area contributed by atoms with Crippen LogP contribution in [-0.2, 0) is 16.4 Å². The average Bonchev–Trinajstić information content (AvgIpc) is 2.80. The zero-order valence-electron chi connectivity index (χ0n) is 11.0. The monoisotopic (exact) mass is 365 g/mol. The number of aryl methyl sites for hydroxylation is 1. The van der Waals surface area contributed by atoms with Crippen molar-refractivity contribution < 1.29 is 13.2 Å². The lowest BCUT2D eigenvalue weighted by atomic mass is 10.1. The molecule has 0 bridgehead atoms. The van der Waals surface area contributed by atoms with Crippen molar-refractivity contribution in [3.8, 4) is 0 Å². The number of carbonyl (C=O) groups is 1. The highest BCUT2D eigenvalue weighted by Gasteiger charge is 2.21. The van der Waals surface area contributed by atoms with E-state index in [4.69, 9.17) is 0 Å². The Balaban J connectivity index is 1.89. The summed E-state index contributed by atoms with van der Waals surface area (Å²) in [6, 6.07) is 11.5. The molecule has 0 amide bonds. The number of hydrogen-bond acceptors (Lipinski definition) is 3. The number of carbonyl (C=O) groups excluding carboxylic acids is 1. The lowest BCUT2D eigenvalue weighted by Gasteiger charge is -2.09. The zero-order valence-corrected chi connectivity index (χ0v) is 13.4. The number of rotatable bonds is 3. The maximum atomic E-state index is 12.3. The number of benzene rings is 2. The lowest BCUT2D eigenvalue weighted by Crippen LogP contribution is -2.13. The van der Waals surface area contributed by atoms with Crippen LogP contribution in [0.3, 0.4) is 0 Å². The summed E-state index contributed by atoms with van der Waals surface area (Å²) in [4.78, 5) is 11.8. The van der Waals surface area contributed by atoms with Crippen molar-refractivity contribution in [2.24, 2.45) is 0 Å². The molecule has 0 saturated carbocycles. The minimum atomic E-state index is -3.62. The van der Waals surface area contributed by atoms with E-state index in [1.54, 1.807) is 30.3 Å². The predicted octanol–water partition coefficient (Wildman–Crippen LogP) is 3.38. The molecule has 4 nitrogen and oxygen atoms in total. The van der Waals surface area contributed by atoms with Gasteiger partial charge in [0.2, 0.25) is 0 Å². The fraction of sp³-hybridized carbons (Fsp3) is 0.133. The molecular weight excluding hydrogens is 354 g/mol. The number of sulfonamides is 1. The maximum absolute atomic E-state index is 12.3. The molecule has 0 spiro atoms. The van der Waals surface area contributed by atoms with Gasteiger partial charge in [-0.05, 0) is 54.4 Å². The molecule has 0 fully saturated rings. The second-order valence-electron chi connectivity index (χ2n) is 4.85. The number of fused-ring (bicyclic) bond motifs is 1. The van der Waals surface area contributed by atoms with Crippen molar-refractivity contribution in [3.05, 3.63) is 58.1 Å². The molecule has 2 aromatic carbocycles. The van der Waals surface area contributed by atoms with E-state index in [-0.39, 0.29) is 10.7 Å². The Morgan fingerprint density at radius 3 is 2.43 bits per heavy atom. The molecule has 108 valence electrons. The number of hydrogen-bond donors (Lipinski definition) is 1. The van der Waals surface area contributed by atoms with Gasteiger partial charge < -0.3 is 0 Å². The van der Waals surface area contributed by atoms with Gasteiger partial charge in [0.1, 0.15) is 0 Å². The summed E-state index contributed by atoms with van der Waals surface area (Å²) in [7, 11) is -3.62. The molecule has 0 aromatic heterocycles. The largest absolute Gasteiger partial charge is 0.294 e. The summed E-state index contributed by atoms with van der Waals surface area (Å²) in [5.41, 5.74) is 2.07. The summed E-state index contributed by atoms with van der Waals surface area (Å²) >= 11 is 3.27. The standard InChI is InChI=1S/C15H12BrNO3S/c16-11-2-5-13(6-3-11)21(19,20)17-12-4-7-14-10(9-12)1-8-15(14)18/h2-7,9,17H,1,8H2. The van der Waals surface area contributed by atoms with Gasteiger partial charge in [-0.25, -0.2) is 8.42 Å². The first-order chi connectivity index (χ1) is 9.95. The van der Waals surface area contributed by atoms with E-state index in [2.05, 4.69) is 20.7 Å². The first-order valence-electron chi connectivity index (χ1n) is 6.40. The summed E-state index contributed by atoms with van der Waals surface area (Å²) in [6.07, 6.45) is 1.17. The van der Waals surface area contributed by atoms with Crippen LogP contribution in [0.25, 0.3) is 0 Å². The molecule has 0 atom stereocenters. The molecule has 21 heavy (non-hydrogen) atoms. The van der Waals surface area contributed by atoms with E-state index in [0.29, 0.717) is 24.1 Å². The van der Waals surface area contributed by atoms with Crippen LogP contribution >= 0.6 is 15.9 Å². The SMILES string of the molecule is O=C1CCc2cc(NS(=O)(=O)c3ccc(Br)cc3)ccc21. The van der Waals surface area contributed by atoms with Gasteiger partial charge >= 0.3 is 0 Å². The van der Waals surface area contributed by atoms with Crippen LogP contribution < -0.4 is 4.72 Å². The van der Waals surface area contributed by atoms with Crippen molar-refractivity contribution in [3.63, 3.8) is 0 Å². The maximum Gasteiger partial charge on any atom is 0.261 e. The molecule has 0 radical (unpaired) electrons. The fourth-order valence-electron chi connectivity index (χ4n) is 2.35. The Kier molecular flexibility index (Phi) is 3.59. The Labute approximate surface area is 131 Å². The molecule has 0 saturated heterocycles. The van der Waals surface area contributed by atoms with Crippen molar-refractivity contribution in [2.75, 3.05) is 4.72 Å². The molecule has 3 rings (SSSR count). The number of halogens is 1. The van der Waals surface area contributed by atoms with Crippen LogP contribution in [0, 0.1) is 0 Å². The van der Waals surface area contributed by atoms with Gasteiger partial charge in [0.05, 0.1) is 4.90 Å². The molecule has 6 heteroatoms. The second-order valence-corrected chi connectivity index (χ2v) is 7.45. The van der Waals surface area contributed by atoms with E-state index >= 15 is 0 Å². The quantitative estimate of drug-likeness (QED) is 0.906. The van der Waals surface area contributed by atoms with Crippen LogP contribution in [-0.4, -0.2) is 14.2 Å². The predicted molar refractivity (Wildman–Crippen MR) is 84.0 cm³/mol. The second kappa shape index (κ2) is 5.27. The highest BCUT2D eigenvalue weighted by atomic mass is 79.9. The van der Waals surface area contributed by atoms with Gasteiger partial charge in [-0.2, -0.15) is 0 Å². The molecule has 0 heterocycles. The number of anilines is 1. The third-order valence-electron chi connectivity index (χ3n) is 3.40. The normalized spacial score (nSPS) is 14.0. The zero-order chi connectivity index (χ0) is 15.0. The summed E-state index contributed by atoms with van der Waals surface area (Å²) in [6.45, 7) is 0. The fourth-order valence-corrected chi connectivity index (χ4v) is 3.66. The van der Waals surface area contributed by atoms with Crippen molar-refractivity contribution >= 4 is 37.4 Å². The van der Waals surface area contributed by atoms with Gasteiger partial charge in [-0.3, -0.25) is 9.52 Å². The van der Waals surface area contributed by atoms with Crippen LogP contribution in [0.2, 0.25) is 0 Å². The van der Waals surface area contributed by atoms with Crippen LogP contribution in [0.5, 0.6) is 0 Å². The minimum absolute atomic E-state index is 0.118. The number of nitrogens with one attached hydrogen (secondary N) is 1. The van der Waals surface area contributed by atoms with Crippen LogP contribution in [0.1, 0.15) is 22.3 Å². The first kappa shape index (κ1) is 14.3. The Morgan fingerprint density at radius 1 is 1.00 bits per heavy atom. The van der Waals surface area contributed by atoms with E-state index in [9.17, 15) is 13.2 Å². The van der Waals surface area contributed by atoms with Crippen LogP contribution in [0.15, 0.2) is 51.8 Å². The number of ketones is 1. The van der Waals surface area contributed by atoms with Crippen LogP contribution in [0.4, 0.5) is 5.69 Å². The van der Waals surface area contributed by atoms with E-state index in [1.165, 1.54) is 12.1 Å². The van der Waals surface area contributed by atoms with E-state index < -0.39 is 10.0 Å². The van der Waals surface area contributed by atoms with Gasteiger partial charge in [-0.15, -0.1) is 0 Å². The lowest BCUT2D eigenvalue weighted by molar-refractivity contribution is 0.0994. The Morgan fingerprint density at radius 2 is 1.71 bits per heavy atom. The van der Waals surface area contributed by atoms with Crippen molar-refractivity contribution in [1.29, 1.82) is 0 Å². The van der Waals surface area contributed by atoms with Gasteiger partial charge in [-0.1, -0.05) is 15.9 Å². The Hall–Kier alpha value is -1.66. The summed E-state index contributed by atoms with van der Waals surface area (Å²) in [5, 5.41) is 0. The molecule has 1 aliphatic carbocycles. The van der Waals surface area contributed by atoms with Crippen molar-refractivity contribution in [2.45, 2.75) is 17.7 Å². The molecule has 0 unspecified atom stereocenters. The van der Waals surface area contributed by atoms with Gasteiger partial charge in [0, 0.05) is 22.1 Å². The highest BCUT2D eigenvalue weighted by molar-refractivity contribution is 9.10. The highest BCUT2D eigenvalue weighted by Crippen LogP contribution is 2.26. The number of Topliss-reactive ketones (excluding diaryl/α,β-unsaturated/α-hetero) is 1. The van der Waals surface area contributed by atoms with E-state index in [0.717, 1.165) is 10.0 Å². The third kappa shape index (κ3) is 2.87. The molecule has 1 aliphatic rings. The Bertz CT molecular complexity index is 813. The molecule has 2 aromatic rings. The average molecular weight is 366 g/mol. The van der Waals surface area contributed by atoms with Gasteiger partial charge in [0.25, 0.3) is 10.0 Å². The first-order valence-corrected chi connectivity index (χ1v) is 8.68. The topological polar surface area (TPSA) is 63.2 Å². The molecule has 1 N–H and O–H groups in total. The molecular formula is C15H12BrNO3S. The summed E-state index contributed by atoms with van der Waals surface area (Å²) in [5.74, 6) is 0.118. The summed E-state index contributed by atoms with van der Waals surface area (Å²) < 4.78 is 27.9. The third-order valence-corrected chi connectivity index (χ3v) is 5.33.